The van der Waals surface area contributed by atoms with Crippen LogP contribution in [0, 0.1) is 26.7 Å². The second-order valence-corrected chi connectivity index (χ2v) is 8.88. The molecule has 0 aliphatic carbocycles. The van der Waals surface area contributed by atoms with E-state index in [1.807, 2.05) is 0 Å². The van der Waals surface area contributed by atoms with Crippen LogP contribution in [0.4, 0.5) is 5.69 Å². The normalized spacial score (nSPS) is 12.0. The van der Waals surface area contributed by atoms with Crippen molar-refractivity contribution in [1.29, 1.82) is 0 Å². The number of hydrogen-bond acceptors (Lipinski definition) is 1. The van der Waals surface area contributed by atoms with E-state index in [-0.39, 0.29) is 0 Å². The fraction of sp³-hybridized carbons (Fsp3) is 0.316. The Hall–Kier alpha value is -1.10. The summed E-state index contributed by atoms with van der Waals surface area (Å²) in [4.78, 5) is 5.05. The Bertz CT molecular complexity index is 619. The SMILES string of the molecule is Cc1ccc([Te]C(=Nc2c(C)cccc2C)C(C)C)cc1. The second kappa shape index (κ2) is 7.25. The van der Waals surface area contributed by atoms with E-state index in [2.05, 4.69) is 77.1 Å². The molecule has 21 heavy (non-hydrogen) atoms. The molecule has 2 heteroatoms. The third-order valence-electron chi connectivity index (χ3n) is 3.40. The minimum atomic E-state index is -0.397. The molecule has 0 aliphatic rings. The first kappa shape index (κ1) is 16.3. The van der Waals surface area contributed by atoms with Crippen molar-refractivity contribution in [2.24, 2.45) is 10.9 Å². The van der Waals surface area contributed by atoms with Crippen molar-refractivity contribution in [1.82, 2.24) is 0 Å². The second-order valence-electron chi connectivity index (χ2n) is 5.76. The molecule has 0 aromatic heterocycles. The van der Waals surface area contributed by atoms with Gasteiger partial charge in [0.15, 0.2) is 0 Å². The van der Waals surface area contributed by atoms with Crippen molar-refractivity contribution in [3.05, 3.63) is 59.2 Å². The number of rotatable bonds is 4. The Kier molecular flexibility index (Phi) is 5.62. The summed E-state index contributed by atoms with van der Waals surface area (Å²) in [5.74, 6) is 0.507. The number of aryl methyl sites for hydroxylation is 3. The van der Waals surface area contributed by atoms with Gasteiger partial charge in [0, 0.05) is 0 Å². The van der Waals surface area contributed by atoms with E-state index in [0.29, 0.717) is 5.92 Å². The van der Waals surface area contributed by atoms with Crippen molar-refractivity contribution in [2.75, 3.05) is 0 Å². The van der Waals surface area contributed by atoms with Crippen LogP contribution in [0.25, 0.3) is 0 Å². The van der Waals surface area contributed by atoms with Crippen molar-refractivity contribution < 1.29 is 0 Å². The van der Waals surface area contributed by atoms with Gasteiger partial charge in [0.25, 0.3) is 0 Å². The first-order valence-corrected chi connectivity index (χ1v) is 9.69. The van der Waals surface area contributed by atoms with E-state index in [0.717, 1.165) is 0 Å². The van der Waals surface area contributed by atoms with Crippen LogP contribution in [0.3, 0.4) is 0 Å². The van der Waals surface area contributed by atoms with Gasteiger partial charge in [0.1, 0.15) is 0 Å². The van der Waals surface area contributed by atoms with Crippen LogP contribution < -0.4 is 3.61 Å². The summed E-state index contributed by atoms with van der Waals surface area (Å²) in [5.41, 5.74) is 5.02. The zero-order valence-electron chi connectivity index (χ0n) is 13.5. The van der Waals surface area contributed by atoms with Crippen LogP contribution in [0.15, 0.2) is 47.5 Å². The topological polar surface area (TPSA) is 12.4 Å². The van der Waals surface area contributed by atoms with Gasteiger partial charge in [-0.3, -0.25) is 0 Å². The van der Waals surface area contributed by atoms with E-state index in [1.165, 1.54) is 29.7 Å². The third kappa shape index (κ3) is 4.43. The predicted octanol–water partition coefficient (Wildman–Crippen LogP) is 4.33. The van der Waals surface area contributed by atoms with Crippen LogP contribution in [-0.2, 0) is 0 Å². The van der Waals surface area contributed by atoms with E-state index in [9.17, 15) is 0 Å². The summed E-state index contributed by atoms with van der Waals surface area (Å²) >= 11 is -0.397. The van der Waals surface area contributed by atoms with Gasteiger partial charge < -0.3 is 0 Å². The molecule has 0 amide bonds. The van der Waals surface area contributed by atoms with Gasteiger partial charge in [-0.25, -0.2) is 0 Å². The number of benzene rings is 2. The Morgan fingerprint density at radius 2 is 1.48 bits per heavy atom. The number of nitrogens with zero attached hydrogens (tertiary/aromatic N) is 1. The fourth-order valence-electron chi connectivity index (χ4n) is 2.09. The van der Waals surface area contributed by atoms with Gasteiger partial charge in [-0.1, -0.05) is 0 Å². The van der Waals surface area contributed by atoms with Crippen LogP contribution >= 0.6 is 0 Å². The van der Waals surface area contributed by atoms with Crippen LogP contribution in [0.5, 0.6) is 0 Å². The number of hydrogen-bond donors (Lipinski definition) is 0. The molecule has 0 saturated carbocycles. The Labute approximate surface area is 138 Å². The molecule has 2 rings (SSSR count). The molecule has 0 saturated heterocycles. The standard InChI is InChI=1S/C19H23NTe/c1-13(2)19(21-17-11-9-14(3)10-12-17)20-18-15(4)7-6-8-16(18)5/h6-13H,1-5H3. The summed E-state index contributed by atoms with van der Waals surface area (Å²) in [6.07, 6.45) is 0. The molecule has 2 aromatic carbocycles. The molecular weight excluding hydrogens is 370 g/mol. The Morgan fingerprint density at radius 1 is 0.905 bits per heavy atom. The summed E-state index contributed by atoms with van der Waals surface area (Å²) in [6.45, 7) is 10.9. The van der Waals surface area contributed by atoms with Gasteiger partial charge in [-0.15, -0.1) is 0 Å². The zero-order valence-corrected chi connectivity index (χ0v) is 15.8. The molecule has 0 unspecified atom stereocenters. The van der Waals surface area contributed by atoms with E-state index < -0.39 is 20.9 Å². The van der Waals surface area contributed by atoms with Gasteiger partial charge in [0.2, 0.25) is 0 Å². The Morgan fingerprint density at radius 3 is 2.00 bits per heavy atom. The van der Waals surface area contributed by atoms with E-state index in [1.54, 1.807) is 0 Å². The molecule has 0 bridgehead atoms. The van der Waals surface area contributed by atoms with Gasteiger partial charge in [0.05, 0.1) is 0 Å². The molecule has 1 nitrogen and oxygen atoms in total. The van der Waals surface area contributed by atoms with Gasteiger partial charge in [-0.2, -0.15) is 0 Å². The average Bonchev–Trinajstić information content (AvgIpc) is 2.43. The van der Waals surface area contributed by atoms with Crippen molar-refractivity contribution >= 4 is 34.0 Å². The quantitative estimate of drug-likeness (QED) is 0.542. The van der Waals surface area contributed by atoms with Crippen molar-refractivity contribution in [3.63, 3.8) is 0 Å². The molecule has 0 spiro atoms. The monoisotopic (exact) mass is 395 g/mol. The molecule has 0 aliphatic heterocycles. The molecule has 0 fully saturated rings. The van der Waals surface area contributed by atoms with Crippen LogP contribution in [0.2, 0.25) is 0 Å². The summed E-state index contributed by atoms with van der Waals surface area (Å²) < 4.78 is 2.84. The molecule has 2 aromatic rings. The third-order valence-corrected chi connectivity index (χ3v) is 7.05. The number of aliphatic imine (C=N–C) groups is 1. The van der Waals surface area contributed by atoms with Crippen LogP contribution in [-0.4, -0.2) is 24.7 Å². The maximum absolute atomic E-state index is 5.05. The molecule has 0 N–H and O–H groups in total. The molecule has 0 atom stereocenters. The summed E-state index contributed by atoms with van der Waals surface area (Å²) in [7, 11) is 0. The van der Waals surface area contributed by atoms with Crippen LogP contribution in [0.1, 0.15) is 30.5 Å². The molecule has 0 radical (unpaired) electrons. The molecule has 110 valence electrons. The first-order chi connectivity index (χ1) is 9.97. The molecule has 0 heterocycles. The first-order valence-electron chi connectivity index (χ1n) is 7.36. The van der Waals surface area contributed by atoms with Gasteiger partial charge >= 0.3 is 139 Å². The number of para-hydroxylation sites is 1. The summed E-state index contributed by atoms with van der Waals surface area (Å²) in [5, 5.41) is 0. The Balaban J connectivity index is 2.35. The van der Waals surface area contributed by atoms with E-state index in [4.69, 9.17) is 4.99 Å². The van der Waals surface area contributed by atoms with Crippen molar-refractivity contribution in [3.8, 4) is 0 Å². The average molecular weight is 393 g/mol. The zero-order chi connectivity index (χ0) is 15.4. The minimum absolute atomic E-state index is 0.397. The van der Waals surface area contributed by atoms with Gasteiger partial charge in [-0.05, 0) is 0 Å². The van der Waals surface area contributed by atoms with Crippen molar-refractivity contribution in [2.45, 2.75) is 34.6 Å². The predicted molar refractivity (Wildman–Crippen MR) is 94.4 cm³/mol. The molecular formula is C19H23NTe. The maximum atomic E-state index is 5.05. The van der Waals surface area contributed by atoms with E-state index >= 15 is 0 Å². The fourth-order valence-corrected chi connectivity index (χ4v) is 4.62. The summed E-state index contributed by atoms with van der Waals surface area (Å²) in [6, 6.07) is 15.3.